The summed E-state index contributed by atoms with van der Waals surface area (Å²) in [5.74, 6) is 0.126. The fourth-order valence-corrected chi connectivity index (χ4v) is 4.79. The second kappa shape index (κ2) is 6.67. The SMILES string of the molecule is O=C(NC1CCCC1)C1CCN(c2nc3ccc(F)cc3s2)CC1. The molecule has 2 aliphatic rings. The number of fused-ring (bicyclic) bond motifs is 1. The van der Waals surface area contributed by atoms with Gasteiger partial charge in [-0.25, -0.2) is 9.37 Å². The largest absolute Gasteiger partial charge is 0.353 e. The Balaban J connectivity index is 1.37. The standard InChI is InChI=1S/C18H22FN3OS/c19-13-5-6-15-16(11-13)24-18(21-15)22-9-7-12(8-10-22)17(23)20-14-3-1-2-4-14/h5-6,11-12,14H,1-4,7-10H2,(H,20,23). The number of nitrogens with one attached hydrogen (secondary N) is 1. The van der Waals surface area contributed by atoms with E-state index in [0.29, 0.717) is 6.04 Å². The Bertz CT molecular complexity index is 733. The molecule has 6 heteroatoms. The molecule has 1 aliphatic carbocycles. The zero-order valence-electron chi connectivity index (χ0n) is 13.6. The maximum atomic E-state index is 13.3. The van der Waals surface area contributed by atoms with Crippen molar-refractivity contribution in [1.82, 2.24) is 10.3 Å². The van der Waals surface area contributed by atoms with E-state index in [0.717, 1.165) is 54.1 Å². The van der Waals surface area contributed by atoms with Crippen molar-refractivity contribution in [3.8, 4) is 0 Å². The van der Waals surface area contributed by atoms with E-state index in [4.69, 9.17) is 0 Å². The molecule has 1 saturated heterocycles. The van der Waals surface area contributed by atoms with Crippen molar-refractivity contribution in [3.63, 3.8) is 0 Å². The van der Waals surface area contributed by atoms with E-state index in [-0.39, 0.29) is 17.6 Å². The van der Waals surface area contributed by atoms with Gasteiger partial charge in [0, 0.05) is 25.0 Å². The van der Waals surface area contributed by atoms with Gasteiger partial charge in [0.15, 0.2) is 5.13 Å². The molecular weight excluding hydrogens is 325 g/mol. The van der Waals surface area contributed by atoms with Gasteiger partial charge in [0.1, 0.15) is 5.82 Å². The lowest BCUT2D eigenvalue weighted by atomic mass is 9.96. The van der Waals surface area contributed by atoms with Crippen molar-refractivity contribution in [1.29, 1.82) is 0 Å². The van der Waals surface area contributed by atoms with E-state index < -0.39 is 0 Å². The van der Waals surface area contributed by atoms with Crippen molar-refractivity contribution < 1.29 is 9.18 Å². The summed E-state index contributed by atoms with van der Waals surface area (Å²) in [4.78, 5) is 19.2. The van der Waals surface area contributed by atoms with Crippen LogP contribution in [0.4, 0.5) is 9.52 Å². The van der Waals surface area contributed by atoms with Crippen LogP contribution in [-0.2, 0) is 4.79 Å². The molecule has 2 heterocycles. The average Bonchev–Trinajstić information content (AvgIpc) is 3.24. The van der Waals surface area contributed by atoms with Crippen LogP contribution in [0.3, 0.4) is 0 Å². The van der Waals surface area contributed by atoms with E-state index in [1.807, 2.05) is 0 Å². The fourth-order valence-electron chi connectivity index (χ4n) is 3.74. The summed E-state index contributed by atoms with van der Waals surface area (Å²) in [5, 5.41) is 4.15. The first kappa shape index (κ1) is 15.8. The number of thiazole rings is 1. The molecule has 2 aromatic rings. The molecule has 1 aromatic carbocycles. The van der Waals surface area contributed by atoms with Gasteiger partial charge in [-0.1, -0.05) is 24.2 Å². The number of anilines is 1. The molecule has 4 nitrogen and oxygen atoms in total. The molecule has 0 radical (unpaired) electrons. The highest BCUT2D eigenvalue weighted by atomic mass is 32.1. The van der Waals surface area contributed by atoms with Gasteiger partial charge in [-0.05, 0) is 43.9 Å². The number of rotatable bonds is 3. The lowest BCUT2D eigenvalue weighted by Crippen LogP contribution is -2.43. The molecule has 2 fully saturated rings. The Morgan fingerprint density at radius 2 is 1.96 bits per heavy atom. The van der Waals surface area contributed by atoms with Crippen molar-refractivity contribution in [3.05, 3.63) is 24.0 Å². The van der Waals surface area contributed by atoms with Crippen molar-refractivity contribution in [2.45, 2.75) is 44.6 Å². The Labute approximate surface area is 145 Å². The number of hydrogen-bond donors (Lipinski definition) is 1. The highest BCUT2D eigenvalue weighted by Crippen LogP contribution is 2.32. The molecule has 1 aliphatic heterocycles. The zero-order chi connectivity index (χ0) is 16.5. The third kappa shape index (κ3) is 3.24. The Morgan fingerprint density at radius 1 is 1.21 bits per heavy atom. The predicted molar refractivity (Wildman–Crippen MR) is 94.9 cm³/mol. The highest BCUT2D eigenvalue weighted by Gasteiger charge is 2.28. The third-order valence-electron chi connectivity index (χ3n) is 5.18. The number of aromatic nitrogens is 1. The lowest BCUT2D eigenvalue weighted by molar-refractivity contribution is -0.126. The van der Waals surface area contributed by atoms with Crippen LogP contribution in [0.1, 0.15) is 38.5 Å². The molecule has 1 N–H and O–H groups in total. The van der Waals surface area contributed by atoms with E-state index in [2.05, 4.69) is 15.2 Å². The van der Waals surface area contributed by atoms with Crippen LogP contribution in [-0.4, -0.2) is 30.0 Å². The van der Waals surface area contributed by atoms with Crippen LogP contribution >= 0.6 is 11.3 Å². The molecule has 0 atom stereocenters. The van der Waals surface area contributed by atoms with Crippen LogP contribution in [0.15, 0.2) is 18.2 Å². The minimum Gasteiger partial charge on any atom is -0.353 e. The van der Waals surface area contributed by atoms with Gasteiger partial charge in [0.05, 0.1) is 10.2 Å². The predicted octanol–water partition coefficient (Wildman–Crippen LogP) is 3.71. The molecule has 128 valence electrons. The van der Waals surface area contributed by atoms with Gasteiger partial charge >= 0.3 is 0 Å². The first-order valence-corrected chi connectivity index (χ1v) is 9.62. The number of carbonyl (C=O) groups is 1. The summed E-state index contributed by atoms with van der Waals surface area (Å²) in [6.07, 6.45) is 6.47. The Kier molecular flexibility index (Phi) is 4.39. The van der Waals surface area contributed by atoms with Crippen LogP contribution in [0.25, 0.3) is 10.2 Å². The van der Waals surface area contributed by atoms with Crippen molar-refractivity contribution in [2.75, 3.05) is 18.0 Å². The smallest absolute Gasteiger partial charge is 0.223 e. The van der Waals surface area contributed by atoms with Gasteiger partial charge in [-0.3, -0.25) is 4.79 Å². The molecule has 4 rings (SSSR count). The summed E-state index contributed by atoms with van der Waals surface area (Å²) in [6, 6.07) is 5.12. The lowest BCUT2D eigenvalue weighted by Gasteiger charge is -2.31. The monoisotopic (exact) mass is 347 g/mol. The van der Waals surface area contributed by atoms with Gasteiger partial charge < -0.3 is 10.2 Å². The van der Waals surface area contributed by atoms with Gasteiger partial charge in [-0.15, -0.1) is 0 Å². The summed E-state index contributed by atoms with van der Waals surface area (Å²) in [6.45, 7) is 1.68. The van der Waals surface area contributed by atoms with Crippen LogP contribution in [0, 0.1) is 11.7 Å². The van der Waals surface area contributed by atoms with Crippen molar-refractivity contribution >= 4 is 32.6 Å². The summed E-state index contributed by atoms with van der Waals surface area (Å²) < 4.78 is 14.2. The second-order valence-electron chi connectivity index (χ2n) is 6.86. The molecule has 24 heavy (non-hydrogen) atoms. The molecule has 1 saturated carbocycles. The van der Waals surface area contributed by atoms with E-state index in [9.17, 15) is 9.18 Å². The number of hydrogen-bond acceptors (Lipinski definition) is 4. The first-order valence-electron chi connectivity index (χ1n) is 8.80. The molecule has 1 amide bonds. The summed E-state index contributed by atoms with van der Waals surface area (Å²) in [7, 11) is 0. The number of piperidine rings is 1. The maximum absolute atomic E-state index is 13.3. The van der Waals surface area contributed by atoms with Gasteiger partial charge in [0.2, 0.25) is 5.91 Å². The van der Waals surface area contributed by atoms with E-state index >= 15 is 0 Å². The summed E-state index contributed by atoms with van der Waals surface area (Å²) in [5.41, 5.74) is 0.845. The number of halogens is 1. The van der Waals surface area contributed by atoms with Crippen LogP contribution in [0.5, 0.6) is 0 Å². The zero-order valence-corrected chi connectivity index (χ0v) is 14.4. The molecule has 0 bridgehead atoms. The second-order valence-corrected chi connectivity index (χ2v) is 7.87. The van der Waals surface area contributed by atoms with Gasteiger partial charge in [-0.2, -0.15) is 0 Å². The normalized spacial score (nSPS) is 20.0. The highest BCUT2D eigenvalue weighted by molar-refractivity contribution is 7.22. The van der Waals surface area contributed by atoms with Crippen LogP contribution in [0.2, 0.25) is 0 Å². The average molecular weight is 347 g/mol. The van der Waals surface area contributed by atoms with E-state index in [1.54, 1.807) is 6.07 Å². The molecule has 1 aromatic heterocycles. The van der Waals surface area contributed by atoms with E-state index in [1.165, 1.54) is 36.3 Å². The molecule has 0 unspecified atom stereocenters. The van der Waals surface area contributed by atoms with Crippen LogP contribution < -0.4 is 10.2 Å². The van der Waals surface area contributed by atoms with Crippen molar-refractivity contribution in [2.24, 2.45) is 5.92 Å². The minimum atomic E-state index is -0.222. The molecule has 0 spiro atoms. The number of carbonyl (C=O) groups excluding carboxylic acids is 1. The Morgan fingerprint density at radius 3 is 2.71 bits per heavy atom. The minimum absolute atomic E-state index is 0.119. The topological polar surface area (TPSA) is 45.2 Å². The first-order chi connectivity index (χ1) is 11.7. The maximum Gasteiger partial charge on any atom is 0.223 e. The summed E-state index contributed by atoms with van der Waals surface area (Å²) >= 11 is 1.53. The number of benzene rings is 1. The number of nitrogens with zero attached hydrogens (tertiary/aromatic N) is 2. The Hall–Kier alpha value is -1.69. The quantitative estimate of drug-likeness (QED) is 0.921. The number of amides is 1. The van der Waals surface area contributed by atoms with Gasteiger partial charge in [0.25, 0.3) is 0 Å². The third-order valence-corrected chi connectivity index (χ3v) is 6.26. The fraction of sp³-hybridized carbons (Fsp3) is 0.556. The molecular formula is C18H22FN3OS.